The molecule has 0 radical (unpaired) electrons. The van der Waals surface area contributed by atoms with E-state index in [2.05, 4.69) is 25.5 Å². The molecule has 4 rings (SSSR count). The van der Waals surface area contributed by atoms with Crippen LogP contribution in [-0.2, 0) is 22.9 Å². The third kappa shape index (κ3) is 3.48. The van der Waals surface area contributed by atoms with Crippen LogP contribution in [0.15, 0.2) is 57.8 Å². The topological polar surface area (TPSA) is 59.3 Å². The van der Waals surface area contributed by atoms with Gasteiger partial charge in [-0.2, -0.15) is 0 Å². The number of sulfonamides is 1. The van der Waals surface area contributed by atoms with Crippen LogP contribution >= 0.6 is 0 Å². The van der Waals surface area contributed by atoms with E-state index in [1.165, 1.54) is 5.56 Å². The molecule has 1 aromatic heterocycles. The smallest absolute Gasteiger partial charge is 0.261 e. The minimum Gasteiger partial charge on any atom is -0.461 e. The molecule has 0 saturated carbocycles. The third-order valence-corrected chi connectivity index (χ3v) is 6.97. The van der Waals surface area contributed by atoms with E-state index < -0.39 is 10.0 Å². The highest BCUT2D eigenvalue weighted by Crippen LogP contribution is 2.41. The van der Waals surface area contributed by atoms with Gasteiger partial charge in [-0.3, -0.25) is 4.72 Å². The minimum absolute atomic E-state index is 0.244. The van der Waals surface area contributed by atoms with Crippen molar-refractivity contribution >= 4 is 26.7 Å². The summed E-state index contributed by atoms with van der Waals surface area (Å²) in [6.07, 6.45) is 3.04. The molecular weight excluding hydrogens is 358 g/mol. The first-order valence-electron chi connectivity index (χ1n) is 9.36. The summed E-state index contributed by atoms with van der Waals surface area (Å²) >= 11 is 0. The number of anilines is 1. The predicted molar refractivity (Wildman–Crippen MR) is 108 cm³/mol. The van der Waals surface area contributed by atoms with Crippen molar-refractivity contribution < 1.29 is 12.8 Å². The fourth-order valence-corrected chi connectivity index (χ4v) is 4.97. The first-order valence-corrected chi connectivity index (χ1v) is 10.8. The van der Waals surface area contributed by atoms with Crippen molar-refractivity contribution in [1.29, 1.82) is 0 Å². The maximum Gasteiger partial charge on any atom is 0.261 e. The van der Waals surface area contributed by atoms with Crippen LogP contribution in [0.4, 0.5) is 5.69 Å². The fraction of sp³-hybridized carbons (Fsp3) is 0.364. The van der Waals surface area contributed by atoms with E-state index >= 15 is 0 Å². The molecule has 1 aliphatic carbocycles. The normalized spacial score (nSPS) is 17.7. The van der Waals surface area contributed by atoms with Crippen molar-refractivity contribution in [2.75, 3.05) is 4.72 Å². The molecule has 5 heteroatoms. The summed E-state index contributed by atoms with van der Waals surface area (Å²) in [5.41, 5.74) is 2.87. The van der Waals surface area contributed by atoms with Gasteiger partial charge in [0.15, 0.2) is 0 Å². The summed E-state index contributed by atoms with van der Waals surface area (Å²) in [5.74, 6) is 1.64. The van der Waals surface area contributed by atoms with Crippen molar-refractivity contribution in [1.82, 2.24) is 0 Å². The van der Waals surface area contributed by atoms with Gasteiger partial charge in [0.2, 0.25) is 0 Å². The molecule has 1 atom stereocenters. The second kappa shape index (κ2) is 6.41. The average Bonchev–Trinajstić information content (AvgIpc) is 2.99. The Morgan fingerprint density at radius 1 is 1.07 bits per heavy atom. The van der Waals surface area contributed by atoms with Gasteiger partial charge in [-0.15, -0.1) is 0 Å². The van der Waals surface area contributed by atoms with Gasteiger partial charge in [0.1, 0.15) is 11.3 Å². The highest BCUT2D eigenvalue weighted by atomic mass is 32.2. The summed E-state index contributed by atoms with van der Waals surface area (Å²) in [5, 5.41) is 1.02. The molecule has 1 heterocycles. The first-order chi connectivity index (χ1) is 12.7. The molecule has 0 saturated heterocycles. The van der Waals surface area contributed by atoms with Crippen LogP contribution in [0.3, 0.4) is 0 Å². The largest absolute Gasteiger partial charge is 0.461 e. The predicted octanol–water partition coefficient (Wildman–Crippen LogP) is 5.38. The van der Waals surface area contributed by atoms with Gasteiger partial charge in [-0.1, -0.05) is 39.0 Å². The Morgan fingerprint density at radius 2 is 1.81 bits per heavy atom. The van der Waals surface area contributed by atoms with Crippen LogP contribution in [0.25, 0.3) is 11.0 Å². The molecule has 0 amide bonds. The van der Waals surface area contributed by atoms with Crippen LogP contribution in [0.1, 0.15) is 38.5 Å². The van der Waals surface area contributed by atoms with E-state index in [0.717, 1.165) is 36.0 Å². The van der Waals surface area contributed by atoms with Crippen LogP contribution < -0.4 is 4.72 Å². The molecule has 0 unspecified atom stereocenters. The van der Waals surface area contributed by atoms with E-state index in [4.69, 9.17) is 4.42 Å². The molecule has 27 heavy (non-hydrogen) atoms. The zero-order valence-electron chi connectivity index (χ0n) is 16.0. The lowest BCUT2D eigenvalue weighted by molar-refractivity contribution is 0.210. The Bertz CT molecular complexity index is 1080. The molecule has 2 aromatic carbocycles. The van der Waals surface area contributed by atoms with E-state index in [1.54, 1.807) is 36.4 Å². The highest BCUT2D eigenvalue weighted by molar-refractivity contribution is 7.92. The van der Waals surface area contributed by atoms with Gasteiger partial charge in [0.05, 0.1) is 4.90 Å². The number of rotatable bonds is 3. The number of hydrogen-bond acceptors (Lipinski definition) is 3. The van der Waals surface area contributed by atoms with Crippen molar-refractivity contribution in [2.45, 2.75) is 44.9 Å². The molecule has 0 spiro atoms. The van der Waals surface area contributed by atoms with Crippen molar-refractivity contribution in [3.63, 3.8) is 0 Å². The molecular formula is C22H25NO3S. The van der Waals surface area contributed by atoms with Gasteiger partial charge in [-0.25, -0.2) is 8.42 Å². The Hall–Kier alpha value is -2.27. The maximum absolute atomic E-state index is 12.6. The summed E-state index contributed by atoms with van der Waals surface area (Å²) in [6, 6.07) is 14.0. The van der Waals surface area contributed by atoms with Gasteiger partial charge < -0.3 is 4.42 Å². The zero-order chi connectivity index (χ0) is 19.2. The van der Waals surface area contributed by atoms with Gasteiger partial charge in [0, 0.05) is 23.1 Å². The maximum atomic E-state index is 12.6. The van der Waals surface area contributed by atoms with E-state index in [1.807, 2.05) is 12.1 Å². The number of furan rings is 1. The lowest BCUT2D eigenvalue weighted by Gasteiger charge is -2.33. The molecule has 0 aliphatic heterocycles. The Kier molecular flexibility index (Phi) is 4.30. The minimum atomic E-state index is -3.60. The Labute approximate surface area is 160 Å². The standard InChI is InChI=1S/C22H25NO3S/c1-22(2,3)15-9-11-20-18(13-15)19-14-16(10-12-21(19)26-20)23-27(24,25)17-7-5-4-6-8-17/h4-8,10,12,14-15,23H,9,11,13H2,1-3H3/t15-/m1/s1. The van der Waals surface area contributed by atoms with Crippen LogP contribution in [0.2, 0.25) is 0 Å². The molecule has 0 bridgehead atoms. The molecule has 4 nitrogen and oxygen atoms in total. The number of aryl methyl sites for hydroxylation is 1. The molecule has 0 fully saturated rings. The molecule has 3 aromatic rings. The lowest BCUT2D eigenvalue weighted by atomic mass is 9.71. The summed E-state index contributed by atoms with van der Waals surface area (Å²) in [6.45, 7) is 6.85. The summed E-state index contributed by atoms with van der Waals surface area (Å²) in [7, 11) is -3.60. The fourth-order valence-electron chi connectivity index (χ4n) is 3.90. The van der Waals surface area contributed by atoms with Gasteiger partial charge >= 0.3 is 0 Å². The van der Waals surface area contributed by atoms with Crippen LogP contribution in [0.5, 0.6) is 0 Å². The van der Waals surface area contributed by atoms with E-state index in [-0.39, 0.29) is 10.3 Å². The van der Waals surface area contributed by atoms with Crippen molar-refractivity contribution in [3.05, 3.63) is 59.9 Å². The van der Waals surface area contributed by atoms with Gasteiger partial charge in [-0.05, 0) is 54.5 Å². The van der Waals surface area contributed by atoms with Crippen LogP contribution in [0, 0.1) is 11.3 Å². The number of fused-ring (bicyclic) bond motifs is 3. The molecule has 142 valence electrons. The lowest BCUT2D eigenvalue weighted by Crippen LogP contribution is -2.26. The van der Waals surface area contributed by atoms with Crippen molar-refractivity contribution in [2.24, 2.45) is 11.3 Å². The number of hydrogen-bond donors (Lipinski definition) is 1. The van der Waals surface area contributed by atoms with E-state index in [9.17, 15) is 8.42 Å². The molecule has 1 aliphatic rings. The number of benzene rings is 2. The zero-order valence-corrected chi connectivity index (χ0v) is 16.8. The van der Waals surface area contributed by atoms with Crippen molar-refractivity contribution in [3.8, 4) is 0 Å². The second-order valence-electron chi connectivity index (χ2n) is 8.44. The summed E-state index contributed by atoms with van der Waals surface area (Å²) in [4.78, 5) is 0.257. The second-order valence-corrected chi connectivity index (χ2v) is 10.1. The first kappa shape index (κ1) is 18.1. The number of nitrogens with one attached hydrogen (secondary N) is 1. The summed E-state index contributed by atoms with van der Waals surface area (Å²) < 4.78 is 34.0. The SMILES string of the molecule is CC(C)(C)[C@@H]1CCc2oc3ccc(NS(=O)(=O)c4ccccc4)cc3c2C1. The Morgan fingerprint density at radius 3 is 2.52 bits per heavy atom. The third-order valence-electron chi connectivity index (χ3n) is 5.58. The highest BCUT2D eigenvalue weighted by Gasteiger charge is 2.31. The molecule has 1 N–H and O–H groups in total. The van der Waals surface area contributed by atoms with E-state index in [0.29, 0.717) is 11.6 Å². The quantitative estimate of drug-likeness (QED) is 0.660. The van der Waals surface area contributed by atoms with Crippen LogP contribution in [-0.4, -0.2) is 8.42 Å². The van der Waals surface area contributed by atoms with Gasteiger partial charge in [0.25, 0.3) is 10.0 Å². The Balaban J connectivity index is 1.69. The monoisotopic (exact) mass is 383 g/mol. The average molecular weight is 384 g/mol.